The van der Waals surface area contributed by atoms with E-state index in [4.69, 9.17) is 5.73 Å². The maximum Gasteiger partial charge on any atom is 0.389 e. The van der Waals surface area contributed by atoms with Crippen LogP contribution in [-0.4, -0.2) is 35.8 Å². The van der Waals surface area contributed by atoms with Crippen LogP contribution in [0.4, 0.5) is 23.2 Å². The third-order valence-corrected chi connectivity index (χ3v) is 6.56. The number of rotatable bonds is 9. The number of carbonyl (C=O) groups excluding carboxylic acids is 3. The molecule has 7 nitrogen and oxygen atoms in total. The zero-order chi connectivity index (χ0) is 26.7. The molecule has 1 aliphatic heterocycles. The average Bonchev–Trinajstić information content (AvgIpc) is 3.67. The molecule has 196 valence electrons. The van der Waals surface area contributed by atoms with Crippen molar-refractivity contribution in [3.63, 3.8) is 0 Å². The van der Waals surface area contributed by atoms with Crippen LogP contribution in [0.25, 0.3) is 0 Å². The summed E-state index contributed by atoms with van der Waals surface area (Å²) >= 11 is 0. The lowest BCUT2D eigenvalue weighted by molar-refractivity contribution is -0.146. The third kappa shape index (κ3) is 6.52. The molecule has 1 saturated carbocycles. The van der Waals surface area contributed by atoms with Crippen LogP contribution >= 0.6 is 0 Å². The van der Waals surface area contributed by atoms with E-state index in [9.17, 15) is 31.9 Å². The first-order chi connectivity index (χ1) is 17.5. The molecular formula is C26H26F4N4O3. The summed E-state index contributed by atoms with van der Waals surface area (Å²) in [6.45, 7) is 0. The van der Waals surface area contributed by atoms with Crippen molar-refractivity contribution in [2.75, 3.05) is 5.32 Å². The van der Waals surface area contributed by atoms with Gasteiger partial charge in [0.25, 0.3) is 5.91 Å². The number of para-hydroxylation sites is 1. The SMILES string of the molecule is NC(=O)C(CC1CC1)C(CCC(F)(F)F)C(=O)N[C@H]1N=C(c2ccccc2)c2cccc(F)c2NC1=O. The fourth-order valence-electron chi connectivity index (χ4n) is 4.49. The second-order valence-electron chi connectivity index (χ2n) is 9.35. The van der Waals surface area contributed by atoms with Gasteiger partial charge in [0, 0.05) is 29.4 Å². The average molecular weight is 519 g/mol. The molecule has 3 atom stereocenters. The van der Waals surface area contributed by atoms with Crippen LogP contribution in [0.3, 0.4) is 0 Å². The van der Waals surface area contributed by atoms with Gasteiger partial charge < -0.3 is 16.4 Å². The number of benzodiazepines with no additional fused rings is 1. The van der Waals surface area contributed by atoms with E-state index >= 15 is 0 Å². The van der Waals surface area contributed by atoms with Crippen LogP contribution < -0.4 is 16.4 Å². The number of nitrogens with two attached hydrogens (primary N) is 1. The second-order valence-corrected chi connectivity index (χ2v) is 9.35. The number of fused-ring (bicyclic) bond motifs is 1. The number of nitrogens with one attached hydrogen (secondary N) is 2. The molecule has 2 aliphatic rings. The van der Waals surface area contributed by atoms with Crippen LogP contribution in [0.15, 0.2) is 53.5 Å². The van der Waals surface area contributed by atoms with Gasteiger partial charge in [0.05, 0.1) is 11.4 Å². The van der Waals surface area contributed by atoms with Gasteiger partial charge in [0.1, 0.15) is 5.82 Å². The fraction of sp³-hybridized carbons (Fsp3) is 0.385. The molecule has 2 aromatic carbocycles. The summed E-state index contributed by atoms with van der Waals surface area (Å²) < 4.78 is 53.8. The number of halogens is 4. The first-order valence-corrected chi connectivity index (χ1v) is 11.9. The van der Waals surface area contributed by atoms with Gasteiger partial charge in [-0.1, -0.05) is 55.3 Å². The maximum absolute atomic E-state index is 14.7. The first-order valence-electron chi connectivity index (χ1n) is 11.9. The van der Waals surface area contributed by atoms with E-state index in [0.717, 1.165) is 18.9 Å². The molecule has 37 heavy (non-hydrogen) atoms. The minimum absolute atomic E-state index is 0.111. The van der Waals surface area contributed by atoms with E-state index < -0.39 is 60.6 Å². The van der Waals surface area contributed by atoms with Gasteiger partial charge in [-0.15, -0.1) is 0 Å². The van der Waals surface area contributed by atoms with Crippen LogP contribution in [0.2, 0.25) is 0 Å². The van der Waals surface area contributed by atoms with Gasteiger partial charge in [-0.05, 0) is 24.8 Å². The van der Waals surface area contributed by atoms with E-state index in [1.54, 1.807) is 36.4 Å². The summed E-state index contributed by atoms with van der Waals surface area (Å²) in [5.41, 5.74) is 6.37. The monoisotopic (exact) mass is 518 g/mol. The van der Waals surface area contributed by atoms with Gasteiger partial charge in [-0.2, -0.15) is 13.2 Å². The molecule has 11 heteroatoms. The highest BCUT2D eigenvalue weighted by Gasteiger charge is 2.41. The van der Waals surface area contributed by atoms with Crippen molar-refractivity contribution in [1.82, 2.24) is 5.32 Å². The Hall–Kier alpha value is -3.76. The molecule has 2 unspecified atom stereocenters. The standard InChI is InChI=1S/C26H26F4N4O3/c27-19-8-4-7-17-20(15-5-2-1-3-6-15)32-23(25(37)33-21(17)19)34-24(36)16(11-12-26(28,29)30)18(22(31)35)13-14-9-10-14/h1-8,14,16,18,23H,9-13H2,(H2,31,35)(H,33,37)(H,34,36)/t16?,18?,23-/m1/s1. The molecule has 0 aromatic heterocycles. The van der Waals surface area contributed by atoms with Gasteiger partial charge in [0.2, 0.25) is 18.0 Å². The largest absolute Gasteiger partial charge is 0.389 e. The number of carbonyl (C=O) groups is 3. The summed E-state index contributed by atoms with van der Waals surface area (Å²) in [7, 11) is 0. The Bertz CT molecular complexity index is 1210. The number of primary amides is 1. The minimum Gasteiger partial charge on any atom is -0.369 e. The van der Waals surface area contributed by atoms with Gasteiger partial charge in [-0.25, -0.2) is 9.38 Å². The summed E-state index contributed by atoms with van der Waals surface area (Å²) in [4.78, 5) is 42.9. The fourth-order valence-corrected chi connectivity index (χ4v) is 4.49. The normalized spacial score (nSPS) is 19.1. The van der Waals surface area contributed by atoms with E-state index in [1.807, 2.05) is 0 Å². The number of aliphatic imine (C=N–C) groups is 1. The summed E-state index contributed by atoms with van der Waals surface area (Å²) in [5.74, 6) is -5.85. The molecule has 1 aliphatic carbocycles. The van der Waals surface area contributed by atoms with Crippen molar-refractivity contribution in [3.8, 4) is 0 Å². The van der Waals surface area contributed by atoms with Gasteiger partial charge >= 0.3 is 6.18 Å². The van der Waals surface area contributed by atoms with E-state index in [1.165, 1.54) is 6.07 Å². The summed E-state index contributed by atoms with van der Waals surface area (Å²) in [6.07, 6.45) is -6.32. The smallest absolute Gasteiger partial charge is 0.369 e. The van der Waals surface area contributed by atoms with Crippen molar-refractivity contribution in [1.29, 1.82) is 0 Å². The number of benzene rings is 2. The summed E-state index contributed by atoms with van der Waals surface area (Å²) in [6, 6.07) is 12.7. The predicted molar refractivity (Wildman–Crippen MR) is 128 cm³/mol. The maximum atomic E-state index is 14.7. The van der Waals surface area contributed by atoms with Crippen LogP contribution in [-0.2, 0) is 14.4 Å². The first kappa shape index (κ1) is 26.3. The number of hydrogen-bond acceptors (Lipinski definition) is 4. The Morgan fingerprint density at radius 2 is 1.78 bits per heavy atom. The lowest BCUT2D eigenvalue weighted by atomic mass is 9.83. The summed E-state index contributed by atoms with van der Waals surface area (Å²) in [5, 5.41) is 4.81. The molecule has 0 bridgehead atoms. The second kappa shape index (κ2) is 10.7. The van der Waals surface area contributed by atoms with Crippen molar-refractivity contribution in [2.24, 2.45) is 28.5 Å². The highest BCUT2D eigenvalue weighted by molar-refractivity contribution is 6.20. The van der Waals surface area contributed by atoms with E-state index in [0.29, 0.717) is 5.56 Å². The Morgan fingerprint density at radius 1 is 1.08 bits per heavy atom. The van der Waals surface area contributed by atoms with Crippen molar-refractivity contribution in [3.05, 3.63) is 65.5 Å². The molecule has 1 fully saturated rings. The Morgan fingerprint density at radius 3 is 2.41 bits per heavy atom. The molecule has 3 amide bonds. The minimum atomic E-state index is -4.56. The molecule has 4 N–H and O–H groups in total. The van der Waals surface area contributed by atoms with Gasteiger partial charge in [0.15, 0.2) is 0 Å². The molecule has 4 rings (SSSR count). The number of anilines is 1. The molecule has 0 saturated heterocycles. The number of alkyl halides is 3. The van der Waals surface area contributed by atoms with Crippen LogP contribution in [0.5, 0.6) is 0 Å². The zero-order valence-electron chi connectivity index (χ0n) is 19.7. The highest BCUT2D eigenvalue weighted by Crippen LogP contribution is 2.39. The van der Waals surface area contributed by atoms with Gasteiger partial charge in [-0.3, -0.25) is 14.4 Å². The van der Waals surface area contributed by atoms with Crippen LogP contribution in [0.1, 0.15) is 43.2 Å². The quantitative estimate of drug-likeness (QED) is 0.437. The van der Waals surface area contributed by atoms with Crippen molar-refractivity contribution < 1.29 is 31.9 Å². The van der Waals surface area contributed by atoms with Crippen LogP contribution in [0, 0.1) is 23.6 Å². The molecule has 0 radical (unpaired) electrons. The topological polar surface area (TPSA) is 114 Å². The number of nitrogens with zero attached hydrogens (tertiary/aromatic N) is 1. The Labute approximate surface area is 210 Å². The molecule has 2 aromatic rings. The highest BCUT2D eigenvalue weighted by atomic mass is 19.4. The molecular weight excluding hydrogens is 492 g/mol. The lowest BCUT2D eigenvalue weighted by Gasteiger charge is -2.26. The number of hydrogen-bond donors (Lipinski definition) is 3. The van der Waals surface area contributed by atoms with E-state index in [2.05, 4.69) is 15.6 Å². The predicted octanol–water partition coefficient (Wildman–Crippen LogP) is 3.92. The third-order valence-electron chi connectivity index (χ3n) is 6.56. The molecule has 1 heterocycles. The lowest BCUT2D eigenvalue weighted by Crippen LogP contribution is -2.48. The van der Waals surface area contributed by atoms with Crippen molar-refractivity contribution in [2.45, 2.75) is 44.4 Å². The number of amides is 3. The Balaban J connectivity index is 1.67. The molecule has 0 spiro atoms. The Kier molecular flexibility index (Phi) is 7.60. The van der Waals surface area contributed by atoms with E-state index in [-0.39, 0.29) is 29.3 Å². The van der Waals surface area contributed by atoms with Crippen molar-refractivity contribution >= 4 is 29.1 Å². The zero-order valence-corrected chi connectivity index (χ0v) is 19.7.